The van der Waals surface area contributed by atoms with E-state index < -0.39 is 6.10 Å². The molecule has 3 heteroatoms. The maximum absolute atomic E-state index is 9.53. The third kappa shape index (κ3) is 2.93. The van der Waals surface area contributed by atoms with Crippen LogP contribution in [-0.4, -0.2) is 30.5 Å². The second-order valence-corrected chi connectivity index (χ2v) is 5.92. The van der Waals surface area contributed by atoms with Gasteiger partial charge in [-0.3, -0.25) is 0 Å². The van der Waals surface area contributed by atoms with Crippen LogP contribution in [0.1, 0.15) is 39.2 Å². The number of methoxy groups -OCH3 is 1. The molecule has 1 aliphatic rings. The SMILES string of the molecule is CCC(C)(C)c1ccc(OC2CC(O)C2OC)cc1. The van der Waals surface area contributed by atoms with Gasteiger partial charge in [0, 0.05) is 13.5 Å². The van der Waals surface area contributed by atoms with Crippen LogP contribution >= 0.6 is 0 Å². The van der Waals surface area contributed by atoms with Gasteiger partial charge in [0.15, 0.2) is 0 Å². The van der Waals surface area contributed by atoms with Gasteiger partial charge in [0.25, 0.3) is 0 Å². The van der Waals surface area contributed by atoms with Crippen LogP contribution < -0.4 is 4.74 Å². The topological polar surface area (TPSA) is 38.7 Å². The lowest BCUT2D eigenvalue weighted by Crippen LogP contribution is -2.54. The fourth-order valence-corrected chi connectivity index (χ4v) is 2.35. The van der Waals surface area contributed by atoms with Gasteiger partial charge in [-0.2, -0.15) is 0 Å². The van der Waals surface area contributed by atoms with Crippen molar-refractivity contribution in [2.24, 2.45) is 0 Å². The minimum atomic E-state index is -0.395. The van der Waals surface area contributed by atoms with Gasteiger partial charge in [0.2, 0.25) is 0 Å². The molecule has 1 aromatic carbocycles. The predicted octanol–water partition coefficient (Wildman–Crippen LogP) is 2.90. The average molecular weight is 264 g/mol. The molecule has 0 saturated heterocycles. The lowest BCUT2D eigenvalue weighted by molar-refractivity contribution is -0.149. The van der Waals surface area contributed by atoms with Crippen LogP contribution in [0, 0.1) is 0 Å². The molecular formula is C16H24O3. The van der Waals surface area contributed by atoms with Crippen LogP contribution in [0.5, 0.6) is 5.75 Å². The van der Waals surface area contributed by atoms with E-state index in [2.05, 4.69) is 32.9 Å². The molecule has 0 radical (unpaired) electrons. The van der Waals surface area contributed by atoms with Gasteiger partial charge >= 0.3 is 0 Å². The zero-order chi connectivity index (χ0) is 14.0. The molecule has 0 aliphatic heterocycles. The van der Waals surface area contributed by atoms with E-state index in [0.717, 1.165) is 12.2 Å². The Labute approximate surface area is 115 Å². The van der Waals surface area contributed by atoms with Crippen LogP contribution in [0.4, 0.5) is 0 Å². The predicted molar refractivity (Wildman–Crippen MR) is 75.6 cm³/mol. The Morgan fingerprint density at radius 1 is 1.26 bits per heavy atom. The van der Waals surface area contributed by atoms with E-state index in [9.17, 15) is 5.11 Å². The minimum Gasteiger partial charge on any atom is -0.488 e. The van der Waals surface area contributed by atoms with Crippen molar-refractivity contribution in [2.45, 2.75) is 57.3 Å². The summed E-state index contributed by atoms with van der Waals surface area (Å²) >= 11 is 0. The summed E-state index contributed by atoms with van der Waals surface area (Å²) < 4.78 is 11.0. The molecule has 0 heterocycles. The highest BCUT2D eigenvalue weighted by Gasteiger charge is 2.42. The molecule has 19 heavy (non-hydrogen) atoms. The first-order valence-electron chi connectivity index (χ1n) is 6.96. The summed E-state index contributed by atoms with van der Waals surface area (Å²) in [5.41, 5.74) is 1.51. The number of benzene rings is 1. The molecule has 1 saturated carbocycles. The van der Waals surface area contributed by atoms with Gasteiger partial charge in [0.05, 0.1) is 6.10 Å². The van der Waals surface area contributed by atoms with Crippen molar-refractivity contribution in [1.82, 2.24) is 0 Å². The summed E-state index contributed by atoms with van der Waals surface area (Å²) in [6.45, 7) is 6.68. The number of aliphatic hydroxyl groups is 1. The highest BCUT2D eigenvalue weighted by Crippen LogP contribution is 2.31. The summed E-state index contributed by atoms with van der Waals surface area (Å²) in [4.78, 5) is 0. The quantitative estimate of drug-likeness (QED) is 0.888. The lowest BCUT2D eigenvalue weighted by Gasteiger charge is -2.40. The van der Waals surface area contributed by atoms with Crippen molar-refractivity contribution in [3.05, 3.63) is 29.8 Å². The number of aliphatic hydroxyl groups excluding tert-OH is 1. The number of hydrogen-bond acceptors (Lipinski definition) is 3. The molecule has 1 N–H and O–H groups in total. The molecule has 1 aliphatic carbocycles. The van der Waals surface area contributed by atoms with E-state index in [1.807, 2.05) is 12.1 Å². The molecule has 0 bridgehead atoms. The highest BCUT2D eigenvalue weighted by atomic mass is 16.6. The average Bonchev–Trinajstić information content (AvgIpc) is 2.39. The fourth-order valence-electron chi connectivity index (χ4n) is 2.35. The van der Waals surface area contributed by atoms with E-state index in [1.165, 1.54) is 5.56 Å². The molecule has 0 amide bonds. The molecule has 106 valence electrons. The fraction of sp³-hybridized carbons (Fsp3) is 0.625. The Morgan fingerprint density at radius 3 is 2.37 bits per heavy atom. The molecule has 3 nitrogen and oxygen atoms in total. The van der Waals surface area contributed by atoms with Crippen LogP contribution in [0.15, 0.2) is 24.3 Å². The molecule has 1 aromatic rings. The van der Waals surface area contributed by atoms with Crippen molar-refractivity contribution < 1.29 is 14.6 Å². The summed E-state index contributed by atoms with van der Waals surface area (Å²) in [7, 11) is 1.61. The Balaban J connectivity index is 2.00. The van der Waals surface area contributed by atoms with E-state index in [-0.39, 0.29) is 17.6 Å². The van der Waals surface area contributed by atoms with E-state index in [0.29, 0.717) is 6.42 Å². The smallest absolute Gasteiger partial charge is 0.130 e. The molecule has 3 unspecified atom stereocenters. The molecule has 0 aromatic heterocycles. The summed E-state index contributed by atoms with van der Waals surface area (Å²) in [6.07, 6.45) is 1.11. The van der Waals surface area contributed by atoms with Crippen molar-refractivity contribution in [3.8, 4) is 5.75 Å². The second-order valence-electron chi connectivity index (χ2n) is 5.92. The van der Waals surface area contributed by atoms with Gasteiger partial charge < -0.3 is 14.6 Å². The van der Waals surface area contributed by atoms with Gasteiger partial charge in [-0.25, -0.2) is 0 Å². The van der Waals surface area contributed by atoms with E-state index >= 15 is 0 Å². The van der Waals surface area contributed by atoms with E-state index in [4.69, 9.17) is 9.47 Å². The number of rotatable bonds is 5. The molecule has 1 fully saturated rings. The molecule has 0 spiro atoms. The zero-order valence-electron chi connectivity index (χ0n) is 12.2. The summed E-state index contributed by atoms with van der Waals surface area (Å²) in [6, 6.07) is 8.25. The van der Waals surface area contributed by atoms with Gasteiger partial charge in [-0.05, 0) is 29.5 Å². The monoisotopic (exact) mass is 264 g/mol. The van der Waals surface area contributed by atoms with Crippen molar-refractivity contribution in [3.63, 3.8) is 0 Å². The first kappa shape index (κ1) is 14.4. The Bertz CT molecular complexity index is 411. The van der Waals surface area contributed by atoms with Crippen LogP contribution in [0.2, 0.25) is 0 Å². The Kier molecular flexibility index (Phi) is 4.16. The normalized spacial score (nSPS) is 26.9. The van der Waals surface area contributed by atoms with Crippen LogP contribution in [0.25, 0.3) is 0 Å². The van der Waals surface area contributed by atoms with Crippen molar-refractivity contribution in [2.75, 3.05) is 7.11 Å². The Morgan fingerprint density at radius 2 is 1.89 bits per heavy atom. The van der Waals surface area contributed by atoms with Crippen LogP contribution in [0.3, 0.4) is 0 Å². The van der Waals surface area contributed by atoms with Gasteiger partial charge in [-0.15, -0.1) is 0 Å². The maximum Gasteiger partial charge on any atom is 0.130 e. The Hall–Kier alpha value is -1.06. The third-order valence-electron chi connectivity index (χ3n) is 4.30. The maximum atomic E-state index is 9.53. The van der Waals surface area contributed by atoms with Crippen molar-refractivity contribution in [1.29, 1.82) is 0 Å². The largest absolute Gasteiger partial charge is 0.488 e. The summed E-state index contributed by atoms with van der Waals surface area (Å²) in [5, 5.41) is 9.53. The second kappa shape index (κ2) is 5.51. The lowest BCUT2D eigenvalue weighted by atomic mass is 9.82. The standard InChI is InChI=1S/C16H24O3/c1-5-16(2,3)11-6-8-12(9-7-11)19-14-10-13(17)15(14)18-4/h6-9,13-15,17H,5,10H2,1-4H3. The van der Waals surface area contributed by atoms with Gasteiger partial charge in [-0.1, -0.05) is 32.9 Å². The highest BCUT2D eigenvalue weighted by molar-refractivity contribution is 5.32. The van der Waals surface area contributed by atoms with Gasteiger partial charge in [0.1, 0.15) is 18.0 Å². The summed E-state index contributed by atoms with van der Waals surface area (Å²) in [5.74, 6) is 0.842. The molecular weight excluding hydrogens is 240 g/mol. The van der Waals surface area contributed by atoms with Crippen LogP contribution in [-0.2, 0) is 10.2 Å². The first-order chi connectivity index (χ1) is 8.97. The minimum absolute atomic E-state index is 0.0370. The number of hydrogen-bond donors (Lipinski definition) is 1. The van der Waals surface area contributed by atoms with E-state index in [1.54, 1.807) is 7.11 Å². The molecule has 2 rings (SSSR count). The third-order valence-corrected chi connectivity index (χ3v) is 4.30. The zero-order valence-corrected chi connectivity index (χ0v) is 12.2. The first-order valence-corrected chi connectivity index (χ1v) is 6.96. The number of ether oxygens (including phenoxy) is 2. The molecule has 3 atom stereocenters. The van der Waals surface area contributed by atoms with Crippen molar-refractivity contribution >= 4 is 0 Å².